The van der Waals surface area contributed by atoms with Crippen molar-refractivity contribution in [1.82, 2.24) is 4.98 Å². The van der Waals surface area contributed by atoms with Crippen LogP contribution < -0.4 is 4.74 Å². The fraction of sp³-hybridized carbons (Fsp3) is 0.250. The maximum Gasteiger partial charge on any atom is 0.319 e. The van der Waals surface area contributed by atoms with Crippen LogP contribution in [0.3, 0.4) is 0 Å². The molecule has 0 radical (unpaired) electrons. The molecule has 0 bridgehead atoms. The Kier molecular flexibility index (Phi) is 7.72. The molecule has 1 aromatic carbocycles. The van der Waals surface area contributed by atoms with Crippen molar-refractivity contribution in [3.63, 3.8) is 0 Å². The lowest BCUT2D eigenvalue weighted by atomic mass is 10.2. The Balaban J connectivity index is 1.73. The molecular formula is C20H20N2O3S. The zero-order valence-corrected chi connectivity index (χ0v) is 15.5. The maximum atomic E-state index is 12.0. The number of pyridine rings is 1. The van der Waals surface area contributed by atoms with Gasteiger partial charge in [-0.3, -0.25) is 9.78 Å². The normalized spacial score (nSPS) is 11.7. The number of benzene rings is 1. The number of hydrogen-bond donors (Lipinski definition) is 0. The van der Waals surface area contributed by atoms with Gasteiger partial charge in [0, 0.05) is 11.1 Å². The summed E-state index contributed by atoms with van der Waals surface area (Å²) in [6.07, 6.45) is 7.85. The first kappa shape index (κ1) is 19.5. The van der Waals surface area contributed by atoms with Gasteiger partial charge < -0.3 is 9.47 Å². The molecule has 5 nitrogen and oxygen atoms in total. The fourth-order valence-electron chi connectivity index (χ4n) is 2.06. The standard InChI is InChI=1S/C20H20N2O3S/c1-15(26-19-8-6-16(12-21)7-9-19)20(23)25-10-4-3-5-17-11-18(24-2)14-22-13-17/h3,5-9,11,13-15H,4,10H2,1-2H3/b5-3+. The van der Waals surface area contributed by atoms with E-state index in [0.29, 0.717) is 24.3 Å². The number of esters is 1. The molecule has 0 amide bonds. The minimum atomic E-state index is -0.311. The number of thioether (sulfide) groups is 1. The van der Waals surface area contributed by atoms with E-state index in [1.807, 2.05) is 37.3 Å². The number of carbonyl (C=O) groups is 1. The summed E-state index contributed by atoms with van der Waals surface area (Å²) in [5, 5.41) is 8.48. The van der Waals surface area contributed by atoms with Crippen molar-refractivity contribution in [2.45, 2.75) is 23.5 Å². The third-order valence-electron chi connectivity index (χ3n) is 3.44. The van der Waals surface area contributed by atoms with Crippen molar-refractivity contribution < 1.29 is 14.3 Å². The molecule has 0 spiro atoms. The van der Waals surface area contributed by atoms with Crippen LogP contribution in [0.5, 0.6) is 5.75 Å². The quantitative estimate of drug-likeness (QED) is 0.397. The lowest BCUT2D eigenvalue weighted by Crippen LogP contribution is -2.17. The summed E-state index contributed by atoms with van der Waals surface area (Å²) in [5.41, 5.74) is 1.53. The Morgan fingerprint density at radius 3 is 2.81 bits per heavy atom. The van der Waals surface area contributed by atoms with Gasteiger partial charge in [-0.2, -0.15) is 5.26 Å². The number of rotatable bonds is 8. The van der Waals surface area contributed by atoms with Crippen molar-refractivity contribution in [2.24, 2.45) is 0 Å². The number of nitrogens with zero attached hydrogens (tertiary/aromatic N) is 2. The molecule has 0 saturated heterocycles. The smallest absolute Gasteiger partial charge is 0.319 e. The van der Waals surface area contributed by atoms with Gasteiger partial charge in [0.25, 0.3) is 0 Å². The summed E-state index contributed by atoms with van der Waals surface area (Å²) in [7, 11) is 1.60. The molecule has 0 aliphatic heterocycles. The van der Waals surface area contributed by atoms with E-state index in [4.69, 9.17) is 14.7 Å². The molecule has 0 N–H and O–H groups in total. The van der Waals surface area contributed by atoms with E-state index >= 15 is 0 Å². The molecular weight excluding hydrogens is 348 g/mol. The maximum absolute atomic E-state index is 12.0. The highest BCUT2D eigenvalue weighted by molar-refractivity contribution is 8.00. The van der Waals surface area contributed by atoms with Crippen molar-refractivity contribution in [3.8, 4) is 11.8 Å². The molecule has 0 saturated carbocycles. The first-order valence-electron chi connectivity index (χ1n) is 8.11. The highest BCUT2D eigenvalue weighted by Crippen LogP contribution is 2.24. The second-order valence-electron chi connectivity index (χ2n) is 5.41. The molecule has 0 aliphatic carbocycles. The van der Waals surface area contributed by atoms with Gasteiger partial charge in [0.2, 0.25) is 0 Å². The number of carbonyl (C=O) groups excluding carboxylic acids is 1. The van der Waals surface area contributed by atoms with Gasteiger partial charge in [-0.1, -0.05) is 12.2 Å². The Morgan fingerprint density at radius 1 is 1.35 bits per heavy atom. The minimum Gasteiger partial charge on any atom is -0.495 e. The molecule has 1 aromatic heterocycles. The number of aromatic nitrogens is 1. The van der Waals surface area contributed by atoms with E-state index in [0.717, 1.165) is 10.5 Å². The van der Waals surface area contributed by atoms with Crippen LogP contribution in [0.2, 0.25) is 0 Å². The summed E-state index contributed by atoms with van der Waals surface area (Å²) in [4.78, 5) is 17.0. The monoisotopic (exact) mass is 368 g/mol. The van der Waals surface area contributed by atoms with E-state index in [1.54, 1.807) is 31.6 Å². The van der Waals surface area contributed by atoms with Gasteiger partial charge in [0.05, 0.1) is 31.5 Å². The predicted octanol–water partition coefficient (Wildman–Crippen LogP) is 4.09. The molecule has 1 unspecified atom stereocenters. The summed E-state index contributed by atoms with van der Waals surface area (Å²) in [6.45, 7) is 2.13. The first-order valence-corrected chi connectivity index (χ1v) is 8.99. The molecule has 2 aromatic rings. The van der Waals surface area contributed by atoms with Gasteiger partial charge in [0.1, 0.15) is 11.0 Å². The first-order chi connectivity index (χ1) is 12.6. The van der Waals surface area contributed by atoms with Crippen LogP contribution in [0.15, 0.2) is 53.7 Å². The SMILES string of the molecule is COc1cncc(/C=C/CCOC(=O)C(C)Sc2ccc(C#N)cc2)c1. The van der Waals surface area contributed by atoms with Crippen LogP contribution in [0.4, 0.5) is 0 Å². The van der Waals surface area contributed by atoms with Gasteiger partial charge in [0.15, 0.2) is 0 Å². The van der Waals surface area contributed by atoms with Crippen molar-refractivity contribution in [3.05, 3.63) is 59.9 Å². The largest absolute Gasteiger partial charge is 0.495 e. The van der Waals surface area contributed by atoms with E-state index in [2.05, 4.69) is 11.1 Å². The predicted molar refractivity (Wildman–Crippen MR) is 102 cm³/mol. The van der Waals surface area contributed by atoms with Gasteiger partial charge in [-0.25, -0.2) is 0 Å². The van der Waals surface area contributed by atoms with E-state index < -0.39 is 0 Å². The van der Waals surface area contributed by atoms with E-state index in [1.165, 1.54) is 11.8 Å². The molecule has 134 valence electrons. The average molecular weight is 368 g/mol. The van der Waals surface area contributed by atoms with Crippen molar-refractivity contribution >= 4 is 23.8 Å². The van der Waals surface area contributed by atoms with Gasteiger partial charge >= 0.3 is 5.97 Å². The Labute approximate surface area is 157 Å². The molecule has 1 heterocycles. The lowest BCUT2D eigenvalue weighted by Gasteiger charge is -2.10. The van der Waals surface area contributed by atoms with E-state index in [9.17, 15) is 4.79 Å². The van der Waals surface area contributed by atoms with Crippen LogP contribution in [0, 0.1) is 11.3 Å². The average Bonchev–Trinajstić information content (AvgIpc) is 2.68. The zero-order valence-electron chi connectivity index (χ0n) is 14.7. The van der Waals surface area contributed by atoms with Crippen LogP contribution in [0.25, 0.3) is 6.08 Å². The Bertz CT molecular complexity index is 797. The highest BCUT2D eigenvalue weighted by Gasteiger charge is 2.15. The van der Waals surface area contributed by atoms with Crippen LogP contribution in [-0.4, -0.2) is 29.9 Å². The van der Waals surface area contributed by atoms with Crippen molar-refractivity contribution in [1.29, 1.82) is 5.26 Å². The number of ether oxygens (including phenoxy) is 2. The topological polar surface area (TPSA) is 72.2 Å². The summed E-state index contributed by atoms with van der Waals surface area (Å²) in [5.74, 6) is 0.447. The Morgan fingerprint density at radius 2 is 2.12 bits per heavy atom. The van der Waals surface area contributed by atoms with Gasteiger partial charge in [-0.05, 0) is 49.2 Å². The highest BCUT2D eigenvalue weighted by atomic mass is 32.2. The second kappa shape index (κ2) is 10.3. The summed E-state index contributed by atoms with van der Waals surface area (Å²) in [6, 6.07) is 11.1. The summed E-state index contributed by atoms with van der Waals surface area (Å²) < 4.78 is 10.4. The Hall–Kier alpha value is -2.78. The van der Waals surface area contributed by atoms with E-state index in [-0.39, 0.29) is 11.2 Å². The third-order valence-corrected chi connectivity index (χ3v) is 4.53. The molecule has 0 fully saturated rings. The lowest BCUT2D eigenvalue weighted by molar-refractivity contribution is -0.142. The van der Waals surface area contributed by atoms with Crippen LogP contribution in [0.1, 0.15) is 24.5 Å². The molecule has 1 atom stereocenters. The zero-order chi connectivity index (χ0) is 18.8. The molecule has 2 rings (SSSR count). The number of nitriles is 1. The minimum absolute atomic E-state index is 0.254. The van der Waals surface area contributed by atoms with Crippen LogP contribution >= 0.6 is 11.8 Å². The molecule has 0 aliphatic rings. The van der Waals surface area contributed by atoms with Gasteiger partial charge in [-0.15, -0.1) is 11.8 Å². The molecule has 26 heavy (non-hydrogen) atoms. The second-order valence-corrected chi connectivity index (χ2v) is 6.83. The summed E-state index contributed by atoms with van der Waals surface area (Å²) >= 11 is 1.41. The number of methoxy groups -OCH3 is 1. The third kappa shape index (κ3) is 6.26. The molecule has 6 heteroatoms. The van der Waals surface area contributed by atoms with Crippen molar-refractivity contribution in [2.75, 3.05) is 13.7 Å². The fourth-order valence-corrected chi connectivity index (χ4v) is 2.93. The number of hydrogen-bond acceptors (Lipinski definition) is 6. The van der Waals surface area contributed by atoms with Crippen LogP contribution in [-0.2, 0) is 9.53 Å².